The number of rotatable bonds is 4. The van der Waals surface area contributed by atoms with Gasteiger partial charge in [0.25, 0.3) is 11.8 Å². The fraction of sp³-hybridized carbons (Fsp3) is 0.0870. The summed E-state index contributed by atoms with van der Waals surface area (Å²) in [6.07, 6.45) is 5.42. The Hall–Kier alpha value is -4.53. The maximum Gasteiger partial charge on any atom is 0.268 e. The number of aromatic nitrogens is 3. The highest BCUT2D eigenvalue weighted by molar-refractivity contribution is 6.20. The van der Waals surface area contributed by atoms with Crippen LogP contribution in [0.5, 0.6) is 0 Å². The Labute approximate surface area is 183 Å². The molecule has 0 bridgehead atoms. The first-order valence-corrected chi connectivity index (χ1v) is 10.1. The molecule has 0 atom stereocenters. The first kappa shape index (κ1) is 19.4. The molecule has 0 radical (unpaired) electrons. The second kappa shape index (κ2) is 8.31. The fourth-order valence-electron chi connectivity index (χ4n) is 3.62. The molecule has 4 N–H and O–H groups in total. The zero-order valence-corrected chi connectivity index (χ0v) is 16.9. The molecular formula is C23H19N7O2. The molecule has 0 saturated carbocycles. The molecule has 4 heterocycles. The Bertz CT molecular complexity index is 1330. The molecule has 1 aliphatic rings. The zero-order chi connectivity index (χ0) is 21.9. The van der Waals surface area contributed by atoms with Gasteiger partial charge in [-0.05, 0) is 42.5 Å². The van der Waals surface area contributed by atoms with E-state index in [9.17, 15) is 9.59 Å². The number of fused-ring (bicyclic) bond motifs is 3. The molecule has 32 heavy (non-hydrogen) atoms. The number of amides is 2. The van der Waals surface area contributed by atoms with Crippen molar-refractivity contribution in [3.63, 3.8) is 0 Å². The van der Waals surface area contributed by atoms with Crippen molar-refractivity contribution < 1.29 is 9.59 Å². The molecule has 1 aliphatic heterocycles. The second-order valence-electron chi connectivity index (χ2n) is 7.22. The number of hydrazone groups is 1. The monoisotopic (exact) mass is 425 g/mol. The predicted octanol–water partition coefficient (Wildman–Crippen LogP) is 3.16. The van der Waals surface area contributed by atoms with E-state index in [1.54, 1.807) is 55.0 Å². The summed E-state index contributed by atoms with van der Waals surface area (Å²) in [7, 11) is 0. The highest BCUT2D eigenvalue weighted by atomic mass is 16.2. The number of H-pyrrole nitrogens is 1. The van der Waals surface area contributed by atoms with Gasteiger partial charge in [0.05, 0.1) is 17.6 Å². The molecular weight excluding hydrogens is 406 g/mol. The average Bonchev–Trinajstić information content (AvgIpc) is 3.13. The summed E-state index contributed by atoms with van der Waals surface area (Å²) in [6, 6.07) is 14.3. The van der Waals surface area contributed by atoms with Gasteiger partial charge in [0.15, 0.2) is 0 Å². The van der Waals surface area contributed by atoms with Crippen molar-refractivity contribution in [3.8, 4) is 0 Å². The van der Waals surface area contributed by atoms with Gasteiger partial charge in [-0.25, -0.2) is 4.98 Å². The molecule has 9 nitrogen and oxygen atoms in total. The van der Waals surface area contributed by atoms with Crippen molar-refractivity contribution in [1.29, 1.82) is 0 Å². The van der Waals surface area contributed by atoms with Crippen LogP contribution in [0.1, 0.15) is 32.8 Å². The predicted molar refractivity (Wildman–Crippen MR) is 122 cm³/mol. The maximum atomic E-state index is 12.8. The van der Waals surface area contributed by atoms with Crippen LogP contribution < -0.4 is 16.1 Å². The van der Waals surface area contributed by atoms with E-state index in [0.29, 0.717) is 47.0 Å². The van der Waals surface area contributed by atoms with E-state index in [1.807, 2.05) is 12.1 Å². The second-order valence-corrected chi connectivity index (χ2v) is 7.22. The van der Waals surface area contributed by atoms with Crippen LogP contribution in [0.15, 0.2) is 72.2 Å². The van der Waals surface area contributed by atoms with Gasteiger partial charge in [0.1, 0.15) is 11.5 Å². The van der Waals surface area contributed by atoms with Gasteiger partial charge in [-0.2, -0.15) is 5.10 Å². The first-order valence-electron chi connectivity index (χ1n) is 10.1. The van der Waals surface area contributed by atoms with E-state index >= 15 is 0 Å². The van der Waals surface area contributed by atoms with Crippen LogP contribution in [-0.4, -0.2) is 39.0 Å². The van der Waals surface area contributed by atoms with Gasteiger partial charge in [-0.15, -0.1) is 0 Å². The van der Waals surface area contributed by atoms with Crippen molar-refractivity contribution in [3.05, 3.63) is 83.9 Å². The van der Waals surface area contributed by atoms with Gasteiger partial charge < -0.3 is 15.6 Å². The molecule has 9 heteroatoms. The third-order valence-electron chi connectivity index (χ3n) is 5.11. The summed E-state index contributed by atoms with van der Waals surface area (Å²) >= 11 is 0. The Morgan fingerprint density at radius 2 is 2.03 bits per heavy atom. The van der Waals surface area contributed by atoms with E-state index < -0.39 is 0 Å². The lowest BCUT2D eigenvalue weighted by Gasteiger charge is -2.07. The summed E-state index contributed by atoms with van der Waals surface area (Å²) < 4.78 is 0. The fourth-order valence-corrected chi connectivity index (χ4v) is 3.62. The van der Waals surface area contributed by atoms with Gasteiger partial charge in [-0.1, -0.05) is 6.07 Å². The van der Waals surface area contributed by atoms with Crippen molar-refractivity contribution >= 4 is 39.9 Å². The third kappa shape index (κ3) is 3.79. The maximum absolute atomic E-state index is 12.8. The minimum Gasteiger partial charge on any atom is -0.350 e. The quantitative estimate of drug-likeness (QED) is 0.374. The van der Waals surface area contributed by atoms with E-state index in [2.05, 4.69) is 36.1 Å². The number of benzene rings is 1. The number of carbonyl (C=O) groups is 2. The van der Waals surface area contributed by atoms with Crippen molar-refractivity contribution in [2.75, 3.05) is 17.3 Å². The van der Waals surface area contributed by atoms with E-state index in [1.165, 1.54) is 0 Å². The third-order valence-corrected chi connectivity index (χ3v) is 5.11. The number of aromatic amines is 1. The smallest absolute Gasteiger partial charge is 0.268 e. The molecule has 5 rings (SSSR count). The molecule has 0 saturated heterocycles. The van der Waals surface area contributed by atoms with E-state index in [4.69, 9.17) is 0 Å². The van der Waals surface area contributed by atoms with Crippen LogP contribution in [0.3, 0.4) is 0 Å². The molecule has 0 spiro atoms. The molecule has 0 fully saturated rings. The molecule has 0 aliphatic carbocycles. The van der Waals surface area contributed by atoms with Gasteiger partial charge in [0.2, 0.25) is 0 Å². The number of hydrogen-bond donors (Lipinski definition) is 4. The lowest BCUT2D eigenvalue weighted by atomic mass is 10.0. The van der Waals surface area contributed by atoms with E-state index in [0.717, 1.165) is 10.9 Å². The summed E-state index contributed by atoms with van der Waals surface area (Å²) in [4.78, 5) is 36.8. The van der Waals surface area contributed by atoms with Gasteiger partial charge in [-0.3, -0.25) is 20.0 Å². The summed E-state index contributed by atoms with van der Waals surface area (Å²) in [5.74, 6) is 0.125. The van der Waals surface area contributed by atoms with Crippen molar-refractivity contribution in [2.24, 2.45) is 5.10 Å². The summed E-state index contributed by atoms with van der Waals surface area (Å²) in [5, 5.41) is 11.0. The molecule has 0 unspecified atom stereocenters. The lowest BCUT2D eigenvalue weighted by Crippen LogP contribution is -2.23. The minimum atomic E-state index is -0.266. The molecule has 158 valence electrons. The number of nitrogens with zero attached hydrogens (tertiary/aromatic N) is 3. The van der Waals surface area contributed by atoms with Crippen LogP contribution in [0.4, 0.5) is 11.5 Å². The van der Waals surface area contributed by atoms with Crippen LogP contribution in [0, 0.1) is 0 Å². The summed E-state index contributed by atoms with van der Waals surface area (Å²) in [6.45, 7) is 0.451. The Kier molecular flexibility index (Phi) is 5.04. The normalized spacial score (nSPS) is 14.5. The highest BCUT2D eigenvalue weighted by Gasteiger charge is 2.25. The van der Waals surface area contributed by atoms with Crippen LogP contribution in [-0.2, 0) is 0 Å². The number of hydrogen-bond acceptors (Lipinski definition) is 6. The first-order chi connectivity index (χ1) is 15.7. The van der Waals surface area contributed by atoms with Crippen LogP contribution in [0.2, 0.25) is 0 Å². The average molecular weight is 425 g/mol. The van der Waals surface area contributed by atoms with Crippen LogP contribution in [0.25, 0.3) is 10.9 Å². The highest BCUT2D eigenvalue weighted by Crippen LogP contribution is 2.27. The van der Waals surface area contributed by atoms with Crippen molar-refractivity contribution in [2.45, 2.75) is 6.42 Å². The molecule has 3 aromatic heterocycles. The number of pyridine rings is 2. The number of carbonyl (C=O) groups excluding carboxylic acids is 2. The standard InChI is InChI=1S/C23H19N7O2/c31-22(27-15-4-3-9-24-13-15)14-6-7-17-16(12-14)20-18(8-11-26-23(32)21(20)28-17)29-30-19-5-1-2-10-25-19/h1-7,9-10,12-13,28H,8,11H2,(H,25,30)(H,26,32)(H,27,31). The largest absolute Gasteiger partial charge is 0.350 e. The van der Waals surface area contributed by atoms with E-state index in [-0.39, 0.29) is 11.8 Å². The number of nitrogens with one attached hydrogen (secondary N) is 4. The topological polar surface area (TPSA) is 124 Å². The minimum absolute atomic E-state index is 0.208. The Morgan fingerprint density at radius 3 is 2.84 bits per heavy atom. The van der Waals surface area contributed by atoms with Gasteiger partial charge >= 0.3 is 0 Å². The summed E-state index contributed by atoms with van der Waals surface area (Å²) in [5.41, 5.74) is 6.56. The SMILES string of the molecule is O=C(Nc1cccnc1)c1ccc2[nH]c3c(c2c1)C(=NNc1ccccn1)CCNC3=O. The lowest BCUT2D eigenvalue weighted by molar-refractivity contribution is 0.0951. The van der Waals surface area contributed by atoms with Gasteiger partial charge in [0, 0.05) is 47.4 Å². The number of anilines is 2. The Balaban J connectivity index is 1.55. The van der Waals surface area contributed by atoms with Crippen LogP contribution >= 0.6 is 0 Å². The Morgan fingerprint density at radius 1 is 1.09 bits per heavy atom. The molecule has 4 aromatic rings. The van der Waals surface area contributed by atoms with Crippen molar-refractivity contribution in [1.82, 2.24) is 20.3 Å². The molecule has 2 amide bonds. The molecule has 1 aromatic carbocycles. The zero-order valence-electron chi connectivity index (χ0n) is 16.9.